The molecule has 0 aliphatic heterocycles. The Kier molecular flexibility index (Phi) is 4.29. The molecule has 0 aliphatic carbocycles. The lowest BCUT2D eigenvalue weighted by atomic mass is 10.2. The van der Waals surface area contributed by atoms with Gasteiger partial charge in [0.15, 0.2) is 0 Å². The molecule has 1 N–H and O–H groups in total. The third-order valence-electron chi connectivity index (χ3n) is 2.04. The van der Waals surface area contributed by atoms with Gasteiger partial charge in [-0.2, -0.15) is 0 Å². The molecule has 0 bridgehead atoms. The first-order valence-corrected chi connectivity index (χ1v) is 5.47. The fourth-order valence-corrected chi connectivity index (χ4v) is 1.75. The molecule has 0 aliphatic rings. The van der Waals surface area contributed by atoms with E-state index in [0.717, 1.165) is 10.0 Å². The van der Waals surface area contributed by atoms with E-state index in [-0.39, 0.29) is 5.91 Å². The molecule has 0 radical (unpaired) electrons. The highest BCUT2D eigenvalue weighted by Crippen LogP contribution is 2.13. The largest absolute Gasteiger partial charge is 0.384 e. The van der Waals surface area contributed by atoms with Crippen molar-refractivity contribution in [2.24, 2.45) is 0 Å². The fourth-order valence-electron chi connectivity index (χ4n) is 1.31. The summed E-state index contributed by atoms with van der Waals surface area (Å²) in [5.74, 6) is -0.269. The lowest BCUT2D eigenvalue weighted by Crippen LogP contribution is -2.34. The van der Waals surface area contributed by atoms with Crippen LogP contribution in [0, 0.1) is 0 Å². The Bertz CT molecular complexity index is 352. The number of amides is 1. The van der Waals surface area contributed by atoms with Crippen LogP contribution in [0.1, 0.15) is 12.5 Å². The summed E-state index contributed by atoms with van der Waals surface area (Å²) in [5.41, 5.74) is 1.03. The van der Waals surface area contributed by atoms with Gasteiger partial charge >= 0.3 is 0 Å². The number of aliphatic hydroxyl groups excluding tert-OH is 1. The van der Waals surface area contributed by atoms with Crippen molar-refractivity contribution in [2.45, 2.75) is 19.6 Å². The Balaban J connectivity index is 2.66. The second kappa shape index (κ2) is 5.28. The molecule has 15 heavy (non-hydrogen) atoms. The lowest BCUT2D eigenvalue weighted by Gasteiger charge is -2.18. The molecule has 0 saturated heterocycles. The van der Waals surface area contributed by atoms with E-state index in [1.807, 2.05) is 24.3 Å². The normalized spacial score (nSPS) is 12.3. The van der Waals surface area contributed by atoms with Gasteiger partial charge in [-0.15, -0.1) is 0 Å². The first kappa shape index (κ1) is 12.2. The van der Waals surface area contributed by atoms with E-state index in [4.69, 9.17) is 5.11 Å². The molecule has 1 atom stereocenters. The lowest BCUT2D eigenvalue weighted by molar-refractivity contribution is -0.138. The average molecular weight is 272 g/mol. The summed E-state index contributed by atoms with van der Waals surface area (Å²) in [6.07, 6.45) is -0.942. The maximum absolute atomic E-state index is 11.4. The standard InChI is InChI=1S/C11H14BrNO2/c1-8(14)11(15)13(2)7-9-4-3-5-10(12)6-9/h3-6,8,14H,7H2,1-2H3. The topological polar surface area (TPSA) is 40.5 Å². The van der Waals surface area contributed by atoms with Crippen molar-refractivity contribution in [1.82, 2.24) is 4.90 Å². The number of rotatable bonds is 3. The van der Waals surface area contributed by atoms with Crippen molar-refractivity contribution in [3.63, 3.8) is 0 Å². The van der Waals surface area contributed by atoms with Crippen molar-refractivity contribution >= 4 is 21.8 Å². The smallest absolute Gasteiger partial charge is 0.251 e. The van der Waals surface area contributed by atoms with E-state index in [1.165, 1.54) is 11.8 Å². The number of hydrogen-bond donors (Lipinski definition) is 1. The van der Waals surface area contributed by atoms with Gasteiger partial charge in [0.2, 0.25) is 0 Å². The molecule has 1 unspecified atom stereocenters. The highest BCUT2D eigenvalue weighted by molar-refractivity contribution is 9.10. The quantitative estimate of drug-likeness (QED) is 0.911. The molecule has 1 aromatic rings. The van der Waals surface area contributed by atoms with Crippen LogP contribution in [0.15, 0.2) is 28.7 Å². The molecular weight excluding hydrogens is 258 g/mol. The summed E-state index contributed by atoms with van der Waals surface area (Å²) in [6, 6.07) is 7.74. The molecule has 0 fully saturated rings. The summed E-state index contributed by atoms with van der Waals surface area (Å²) in [7, 11) is 1.68. The van der Waals surface area contributed by atoms with Gasteiger partial charge < -0.3 is 10.0 Å². The predicted octanol–water partition coefficient (Wildman–Crippen LogP) is 1.79. The molecule has 0 heterocycles. The number of nitrogens with zero attached hydrogens (tertiary/aromatic N) is 1. The maximum atomic E-state index is 11.4. The van der Waals surface area contributed by atoms with Gasteiger partial charge in [0.25, 0.3) is 5.91 Å². The Hall–Kier alpha value is -0.870. The average Bonchev–Trinajstić information content (AvgIpc) is 2.16. The van der Waals surface area contributed by atoms with Crippen LogP contribution in [0.2, 0.25) is 0 Å². The second-order valence-corrected chi connectivity index (χ2v) is 4.42. The Morgan fingerprint density at radius 3 is 2.80 bits per heavy atom. The van der Waals surface area contributed by atoms with Crippen LogP contribution in [-0.2, 0) is 11.3 Å². The first-order chi connectivity index (χ1) is 7.00. The number of benzene rings is 1. The van der Waals surface area contributed by atoms with Crippen molar-refractivity contribution in [3.8, 4) is 0 Å². The minimum atomic E-state index is -0.942. The Morgan fingerprint density at radius 1 is 1.60 bits per heavy atom. The minimum absolute atomic E-state index is 0.269. The van der Waals surface area contributed by atoms with Gasteiger partial charge in [0.05, 0.1) is 0 Å². The Morgan fingerprint density at radius 2 is 2.27 bits per heavy atom. The van der Waals surface area contributed by atoms with Crippen LogP contribution in [-0.4, -0.2) is 29.1 Å². The SMILES string of the molecule is CC(O)C(=O)N(C)Cc1cccc(Br)c1. The maximum Gasteiger partial charge on any atom is 0.251 e. The van der Waals surface area contributed by atoms with Gasteiger partial charge in [-0.25, -0.2) is 0 Å². The van der Waals surface area contributed by atoms with Crippen LogP contribution in [0.3, 0.4) is 0 Å². The molecule has 4 heteroatoms. The van der Waals surface area contributed by atoms with Crippen molar-refractivity contribution in [3.05, 3.63) is 34.3 Å². The minimum Gasteiger partial charge on any atom is -0.384 e. The summed E-state index contributed by atoms with van der Waals surface area (Å²) in [6.45, 7) is 1.98. The van der Waals surface area contributed by atoms with Crippen LogP contribution < -0.4 is 0 Å². The number of carbonyl (C=O) groups excluding carboxylic acids is 1. The van der Waals surface area contributed by atoms with Gasteiger partial charge in [-0.05, 0) is 24.6 Å². The fraction of sp³-hybridized carbons (Fsp3) is 0.364. The third-order valence-corrected chi connectivity index (χ3v) is 2.54. The summed E-state index contributed by atoms with van der Waals surface area (Å²) < 4.78 is 0.984. The van der Waals surface area contributed by atoms with Gasteiger partial charge in [-0.1, -0.05) is 28.1 Å². The molecule has 1 aromatic carbocycles. The zero-order valence-corrected chi connectivity index (χ0v) is 10.4. The third kappa shape index (κ3) is 3.64. The molecule has 0 aromatic heterocycles. The number of aliphatic hydroxyl groups is 1. The highest BCUT2D eigenvalue weighted by Gasteiger charge is 2.14. The molecule has 82 valence electrons. The van der Waals surface area contributed by atoms with E-state index >= 15 is 0 Å². The zero-order valence-electron chi connectivity index (χ0n) is 8.77. The van der Waals surface area contributed by atoms with Crippen LogP contribution in [0.25, 0.3) is 0 Å². The van der Waals surface area contributed by atoms with E-state index < -0.39 is 6.10 Å². The molecule has 1 rings (SSSR count). The van der Waals surface area contributed by atoms with Crippen molar-refractivity contribution in [2.75, 3.05) is 7.05 Å². The monoisotopic (exact) mass is 271 g/mol. The number of hydrogen-bond acceptors (Lipinski definition) is 2. The summed E-state index contributed by atoms with van der Waals surface area (Å²) in [4.78, 5) is 12.9. The van der Waals surface area contributed by atoms with E-state index in [2.05, 4.69) is 15.9 Å². The molecule has 0 saturated carbocycles. The number of likely N-dealkylation sites (N-methyl/N-ethyl adjacent to an activating group) is 1. The molecular formula is C11H14BrNO2. The Labute approximate surface area is 97.8 Å². The zero-order chi connectivity index (χ0) is 11.4. The summed E-state index contributed by atoms with van der Waals surface area (Å²) in [5, 5.41) is 9.12. The van der Waals surface area contributed by atoms with E-state index in [9.17, 15) is 4.79 Å². The molecule has 0 spiro atoms. The van der Waals surface area contributed by atoms with Crippen molar-refractivity contribution < 1.29 is 9.90 Å². The van der Waals surface area contributed by atoms with Crippen LogP contribution in [0.5, 0.6) is 0 Å². The van der Waals surface area contributed by atoms with E-state index in [1.54, 1.807) is 7.05 Å². The molecule has 1 amide bonds. The second-order valence-electron chi connectivity index (χ2n) is 3.50. The van der Waals surface area contributed by atoms with Gasteiger partial charge in [-0.3, -0.25) is 4.79 Å². The molecule has 3 nitrogen and oxygen atoms in total. The van der Waals surface area contributed by atoms with Gasteiger partial charge in [0.1, 0.15) is 6.10 Å². The predicted molar refractivity (Wildman–Crippen MR) is 62.3 cm³/mol. The number of halogens is 1. The first-order valence-electron chi connectivity index (χ1n) is 4.68. The van der Waals surface area contributed by atoms with Gasteiger partial charge in [0, 0.05) is 18.1 Å². The number of carbonyl (C=O) groups is 1. The van der Waals surface area contributed by atoms with Crippen molar-refractivity contribution in [1.29, 1.82) is 0 Å². The van der Waals surface area contributed by atoms with E-state index in [0.29, 0.717) is 6.54 Å². The van der Waals surface area contributed by atoms with Crippen LogP contribution in [0.4, 0.5) is 0 Å². The van der Waals surface area contributed by atoms with Crippen LogP contribution >= 0.6 is 15.9 Å². The highest BCUT2D eigenvalue weighted by atomic mass is 79.9. The summed E-state index contributed by atoms with van der Waals surface area (Å²) >= 11 is 3.37.